The van der Waals surface area contributed by atoms with Crippen molar-refractivity contribution in [3.63, 3.8) is 0 Å². The molecule has 2 aromatic carbocycles. The maximum atomic E-state index is 13.0. The monoisotopic (exact) mass is 330 g/mol. The van der Waals surface area contributed by atoms with Crippen molar-refractivity contribution in [2.45, 2.75) is 26.2 Å². The molecule has 1 aromatic heterocycles. The summed E-state index contributed by atoms with van der Waals surface area (Å²) in [6.45, 7) is 7.14. The maximum Gasteiger partial charge on any atom is 0.257 e. The lowest BCUT2D eigenvalue weighted by Gasteiger charge is -2.29. The van der Waals surface area contributed by atoms with Gasteiger partial charge in [0.25, 0.3) is 5.91 Å². The number of aromatic amines is 1. The summed E-state index contributed by atoms with van der Waals surface area (Å²) in [5, 5.41) is 1.24. The molecule has 0 unspecified atom stereocenters. The van der Waals surface area contributed by atoms with Gasteiger partial charge in [-0.2, -0.15) is 0 Å². The number of hydrogen-bond acceptors (Lipinski definition) is 1. The topological polar surface area (TPSA) is 36.1 Å². The number of carbonyl (C=O) groups excluding carboxylic acids is 1. The smallest absolute Gasteiger partial charge is 0.257 e. The molecule has 3 nitrogen and oxygen atoms in total. The van der Waals surface area contributed by atoms with Crippen LogP contribution in [-0.2, 0) is 5.41 Å². The number of nitrogens with one attached hydrogen (secondary N) is 1. The molecule has 126 valence electrons. The fraction of sp³-hybridized carbons (Fsp3) is 0.227. The SMILES string of the molecule is CC1=CN(C(=O)c2ccccc2)CC(C)(C)c2c1[nH]c1ccccc21. The van der Waals surface area contributed by atoms with Gasteiger partial charge < -0.3 is 9.88 Å². The molecule has 0 saturated heterocycles. The zero-order valence-corrected chi connectivity index (χ0v) is 14.8. The Morgan fingerprint density at radius 2 is 1.72 bits per heavy atom. The van der Waals surface area contributed by atoms with Crippen LogP contribution in [0.15, 0.2) is 60.8 Å². The van der Waals surface area contributed by atoms with E-state index in [0.29, 0.717) is 6.54 Å². The quantitative estimate of drug-likeness (QED) is 0.672. The van der Waals surface area contributed by atoms with E-state index in [4.69, 9.17) is 0 Å². The van der Waals surface area contributed by atoms with Crippen LogP contribution in [0, 0.1) is 0 Å². The van der Waals surface area contributed by atoms with Gasteiger partial charge >= 0.3 is 0 Å². The Kier molecular flexibility index (Phi) is 3.53. The van der Waals surface area contributed by atoms with Crippen LogP contribution < -0.4 is 0 Å². The number of amides is 1. The molecule has 25 heavy (non-hydrogen) atoms. The number of nitrogens with zero attached hydrogens (tertiary/aromatic N) is 1. The van der Waals surface area contributed by atoms with Crippen molar-refractivity contribution in [1.82, 2.24) is 9.88 Å². The first-order valence-electron chi connectivity index (χ1n) is 8.63. The minimum Gasteiger partial charge on any atom is -0.355 e. The summed E-state index contributed by atoms with van der Waals surface area (Å²) in [6, 6.07) is 17.9. The first kappa shape index (κ1) is 15.7. The molecule has 3 heteroatoms. The molecular weight excluding hydrogens is 308 g/mol. The predicted octanol–water partition coefficient (Wildman–Crippen LogP) is 4.96. The molecule has 1 N–H and O–H groups in total. The lowest BCUT2D eigenvalue weighted by molar-refractivity contribution is 0.0801. The number of allylic oxidation sites excluding steroid dienone is 1. The average Bonchev–Trinajstić information content (AvgIpc) is 2.97. The van der Waals surface area contributed by atoms with Gasteiger partial charge in [0.15, 0.2) is 0 Å². The van der Waals surface area contributed by atoms with Gasteiger partial charge in [0.1, 0.15) is 0 Å². The van der Waals surface area contributed by atoms with Gasteiger partial charge in [-0.25, -0.2) is 0 Å². The fourth-order valence-electron chi connectivity index (χ4n) is 3.87. The first-order valence-corrected chi connectivity index (χ1v) is 8.63. The highest BCUT2D eigenvalue weighted by atomic mass is 16.2. The van der Waals surface area contributed by atoms with Crippen molar-refractivity contribution < 1.29 is 4.79 Å². The Hall–Kier alpha value is -2.81. The van der Waals surface area contributed by atoms with Gasteiger partial charge in [-0.3, -0.25) is 4.79 Å². The van der Waals surface area contributed by atoms with E-state index >= 15 is 0 Å². The van der Waals surface area contributed by atoms with Crippen LogP contribution >= 0.6 is 0 Å². The second kappa shape index (κ2) is 5.62. The number of fused-ring (bicyclic) bond motifs is 3. The van der Waals surface area contributed by atoms with Crippen LogP contribution in [0.3, 0.4) is 0 Å². The number of H-pyrrole nitrogens is 1. The lowest BCUT2D eigenvalue weighted by Crippen LogP contribution is -2.36. The summed E-state index contributed by atoms with van der Waals surface area (Å²) in [5.41, 5.74) is 5.22. The van der Waals surface area contributed by atoms with E-state index in [9.17, 15) is 4.79 Å². The Bertz CT molecular complexity index is 980. The van der Waals surface area contributed by atoms with Gasteiger partial charge in [0.2, 0.25) is 0 Å². The second-order valence-corrected chi connectivity index (χ2v) is 7.42. The first-order chi connectivity index (χ1) is 12.0. The van der Waals surface area contributed by atoms with E-state index in [1.165, 1.54) is 10.9 Å². The normalized spacial score (nSPS) is 16.3. The molecule has 1 amide bonds. The van der Waals surface area contributed by atoms with E-state index in [1.807, 2.05) is 41.4 Å². The molecule has 2 heterocycles. The average molecular weight is 330 g/mol. The third kappa shape index (κ3) is 2.56. The van der Waals surface area contributed by atoms with E-state index in [2.05, 4.69) is 50.0 Å². The molecule has 0 aliphatic carbocycles. The van der Waals surface area contributed by atoms with Crippen LogP contribution in [0.1, 0.15) is 42.4 Å². The van der Waals surface area contributed by atoms with Gasteiger partial charge in [-0.1, -0.05) is 50.2 Å². The molecular formula is C22H22N2O. The summed E-state index contributed by atoms with van der Waals surface area (Å²) in [4.78, 5) is 18.4. The van der Waals surface area contributed by atoms with Crippen molar-refractivity contribution >= 4 is 22.4 Å². The van der Waals surface area contributed by atoms with Crippen LogP contribution in [0.25, 0.3) is 16.5 Å². The van der Waals surface area contributed by atoms with Crippen LogP contribution in [0.4, 0.5) is 0 Å². The molecule has 1 aliphatic heterocycles. The molecule has 0 fully saturated rings. The number of rotatable bonds is 1. The summed E-state index contributed by atoms with van der Waals surface area (Å²) in [6.07, 6.45) is 1.98. The Labute approximate surface area is 148 Å². The highest BCUT2D eigenvalue weighted by molar-refractivity contribution is 5.97. The van der Waals surface area contributed by atoms with E-state index in [1.54, 1.807) is 0 Å². The predicted molar refractivity (Wildman–Crippen MR) is 102 cm³/mol. The summed E-state index contributed by atoms with van der Waals surface area (Å²) >= 11 is 0. The zero-order valence-electron chi connectivity index (χ0n) is 14.8. The van der Waals surface area contributed by atoms with Crippen molar-refractivity contribution in [2.24, 2.45) is 0 Å². The molecule has 0 bridgehead atoms. The highest BCUT2D eigenvalue weighted by Crippen LogP contribution is 2.39. The number of aromatic nitrogens is 1. The van der Waals surface area contributed by atoms with Gasteiger partial charge in [-0.05, 0) is 36.3 Å². The number of benzene rings is 2. The number of hydrogen-bond donors (Lipinski definition) is 1. The third-order valence-corrected chi connectivity index (χ3v) is 4.97. The van der Waals surface area contributed by atoms with Gasteiger partial charge in [0, 0.05) is 40.3 Å². The Morgan fingerprint density at radius 3 is 2.48 bits per heavy atom. The molecule has 3 aromatic rings. The van der Waals surface area contributed by atoms with Gasteiger partial charge in [-0.15, -0.1) is 0 Å². The van der Waals surface area contributed by atoms with E-state index in [0.717, 1.165) is 22.3 Å². The zero-order chi connectivity index (χ0) is 17.6. The molecule has 4 rings (SSSR count). The van der Waals surface area contributed by atoms with Crippen molar-refractivity contribution in [1.29, 1.82) is 0 Å². The van der Waals surface area contributed by atoms with Crippen molar-refractivity contribution in [2.75, 3.05) is 6.54 Å². The molecule has 1 aliphatic rings. The molecule has 0 atom stereocenters. The number of para-hydroxylation sites is 1. The van der Waals surface area contributed by atoms with Crippen LogP contribution in [0.2, 0.25) is 0 Å². The molecule has 0 radical (unpaired) electrons. The summed E-state index contributed by atoms with van der Waals surface area (Å²) in [7, 11) is 0. The minimum atomic E-state index is -0.159. The van der Waals surface area contributed by atoms with Gasteiger partial charge in [0.05, 0.1) is 0 Å². The summed E-state index contributed by atoms with van der Waals surface area (Å²) < 4.78 is 0. The third-order valence-electron chi connectivity index (χ3n) is 4.97. The standard InChI is InChI=1S/C22H22N2O/c1-15-13-24(21(25)16-9-5-4-6-10-16)14-22(2,3)19-17-11-7-8-12-18(17)23-20(15)19/h4-13,23H,14H2,1-3H3. The highest BCUT2D eigenvalue weighted by Gasteiger charge is 2.34. The van der Waals surface area contributed by atoms with Crippen LogP contribution in [0.5, 0.6) is 0 Å². The van der Waals surface area contributed by atoms with E-state index in [-0.39, 0.29) is 11.3 Å². The summed E-state index contributed by atoms with van der Waals surface area (Å²) in [5.74, 6) is 0.0440. The fourth-order valence-corrected chi connectivity index (χ4v) is 3.87. The second-order valence-electron chi connectivity index (χ2n) is 7.42. The molecule has 0 saturated carbocycles. The van der Waals surface area contributed by atoms with E-state index < -0.39 is 0 Å². The number of carbonyl (C=O) groups is 1. The van der Waals surface area contributed by atoms with Crippen LogP contribution in [-0.4, -0.2) is 22.3 Å². The largest absolute Gasteiger partial charge is 0.355 e. The maximum absolute atomic E-state index is 13.0. The van der Waals surface area contributed by atoms with Crippen molar-refractivity contribution in [3.05, 3.63) is 77.6 Å². The molecule has 0 spiro atoms. The Morgan fingerprint density at radius 1 is 1.04 bits per heavy atom. The minimum absolute atomic E-state index is 0.0440. The Balaban J connectivity index is 1.84. The van der Waals surface area contributed by atoms with Crippen molar-refractivity contribution in [3.8, 4) is 0 Å². The lowest BCUT2D eigenvalue weighted by atomic mass is 9.82.